The van der Waals surface area contributed by atoms with E-state index in [1.807, 2.05) is 25.1 Å². The van der Waals surface area contributed by atoms with E-state index < -0.39 is 6.10 Å². The molecular formula is C15H22N2O2. The van der Waals surface area contributed by atoms with Crippen LogP contribution in [0.5, 0.6) is 0 Å². The number of amides is 1. The molecule has 0 aliphatic carbocycles. The highest BCUT2D eigenvalue weighted by molar-refractivity contribution is 5.78. The Bertz CT molecular complexity index is 434. The number of benzene rings is 1. The lowest BCUT2D eigenvalue weighted by Crippen LogP contribution is -2.33. The molecule has 0 aromatic heterocycles. The van der Waals surface area contributed by atoms with E-state index in [9.17, 15) is 9.90 Å². The van der Waals surface area contributed by atoms with Crippen molar-refractivity contribution in [3.63, 3.8) is 0 Å². The fraction of sp³-hybridized carbons (Fsp3) is 0.533. The smallest absolute Gasteiger partial charge is 0.220 e. The van der Waals surface area contributed by atoms with Crippen LogP contribution in [0.2, 0.25) is 0 Å². The molecule has 4 heteroatoms. The van der Waals surface area contributed by atoms with Gasteiger partial charge in [-0.25, -0.2) is 0 Å². The summed E-state index contributed by atoms with van der Waals surface area (Å²) < 4.78 is 0. The number of hydrogen-bond donors (Lipinski definition) is 3. The first kappa shape index (κ1) is 13.9. The van der Waals surface area contributed by atoms with E-state index in [1.165, 1.54) is 5.56 Å². The van der Waals surface area contributed by atoms with Crippen molar-refractivity contribution >= 4 is 11.6 Å². The van der Waals surface area contributed by atoms with Crippen LogP contribution < -0.4 is 10.6 Å². The minimum absolute atomic E-state index is 0.0126. The van der Waals surface area contributed by atoms with Gasteiger partial charge in [-0.15, -0.1) is 0 Å². The molecule has 1 aromatic rings. The normalized spacial score (nSPS) is 18.5. The standard InChI is InChI=1S/C15H22N2O2/c1-2-5-12(18)10-17-15(19)8-11-9-16-14-7-4-3-6-13(11)14/h3-4,6-7,11-12,16,18H,2,5,8-10H2,1H3,(H,17,19). The van der Waals surface area contributed by atoms with E-state index in [0.29, 0.717) is 13.0 Å². The second-order valence-electron chi connectivity index (χ2n) is 5.12. The van der Waals surface area contributed by atoms with Gasteiger partial charge in [-0.1, -0.05) is 31.5 Å². The molecule has 1 aliphatic heterocycles. The molecule has 0 radical (unpaired) electrons. The number of hydrogen-bond acceptors (Lipinski definition) is 3. The zero-order chi connectivity index (χ0) is 13.7. The topological polar surface area (TPSA) is 61.4 Å². The van der Waals surface area contributed by atoms with Crippen LogP contribution in [0.1, 0.15) is 37.7 Å². The lowest BCUT2D eigenvalue weighted by Gasteiger charge is -2.13. The third-order valence-electron chi connectivity index (χ3n) is 3.53. The summed E-state index contributed by atoms with van der Waals surface area (Å²) in [6, 6.07) is 8.11. The van der Waals surface area contributed by atoms with Gasteiger partial charge in [0.15, 0.2) is 0 Å². The molecule has 3 N–H and O–H groups in total. The van der Waals surface area contributed by atoms with E-state index in [0.717, 1.165) is 25.1 Å². The summed E-state index contributed by atoms with van der Waals surface area (Å²) in [5.74, 6) is 0.248. The largest absolute Gasteiger partial charge is 0.391 e. The highest BCUT2D eigenvalue weighted by Gasteiger charge is 2.23. The molecule has 4 nitrogen and oxygen atoms in total. The second kappa shape index (κ2) is 6.57. The van der Waals surface area contributed by atoms with Gasteiger partial charge in [-0.05, 0) is 18.1 Å². The van der Waals surface area contributed by atoms with Crippen molar-refractivity contribution in [1.82, 2.24) is 5.32 Å². The van der Waals surface area contributed by atoms with Crippen LogP contribution in [0.3, 0.4) is 0 Å². The quantitative estimate of drug-likeness (QED) is 0.733. The van der Waals surface area contributed by atoms with Gasteiger partial charge in [0, 0.05) is 31.1 Å². The van der Waals surface area contributed by atoms with E-state index in [4.69, 9.17) is 0 Å². The van der Waals surface area contributed by atoms with E-state index in [-0.39, 0.29) is 11.8 Å². The van der Waals surface area contributed by atoms with E-state index in [1.54, 1.807) is 0 Å². The van der Waals surface area contributed by atoms with Crippen LogP contribution in [-0.2, 0) is 4.79 Å². The summed E-state index contributed by atoms with van der Waals surface area (Å²) in [6.45, 7) is 3.19. The van der Waals surface area contributed by atoms with Gasteiger partial charge in [0.2, 0.25) is 5.91 Å². The predicted octanol–water partition coefficient (Wildman–Crippen LogP) is 1.86. The maximum absolute atomic E-state index is 11.9. The molecule has 0 saturated heterocycles. The van der Waals surface area contributed by atoms with Gasteiger partial charge < -0.3 is 15.7 Å². The van der Waals surface area contributed by atoms with Gasteiger partial charge in [0.05, 0.1) is 6.10 Å². The fourth-order valence-electron chi connectivity index (χ4n) is 2.50. The number of carbonyl (C=O) groups excluding carboxylic acids is 1. The minimum Gasteiger partial charge on any atom is -0.391 e. The number of carbonyl (C=O) groups is 1. The third-order valence-corrected chi connectivity index (χ3v) is 3.53. The molecule has 1 amide bonds. The molecule has 19 heavy (non-hydrogen) atoms. The molecule has 2 rings (SSSR count). The minimum atomic E-state index is -0.428. The van der Waals surface area contributed by atoms with Crippen LogP contribution in [0, 0.1) is 0 Å². The van der Waals surface area contributed by atoms with Gasteiger partial charge in [-0.3, -0.25) is 4.79 Å². The van der Waals surface area contributed by atoms with Gasteiger partial charge >= 0.3 is 0 Å². The molecule has 1 heterocycles. The summed E-state index contributed by atoms with van der Waals surface area (Å²) in [4.78, 5) is 11.9. The summed E-state index contributed by atoms with van der Waals surface area (Å²) in [5, 5.41) is 15.7. The lowest BCUT2D eigenvalue weighted by molar-refractivity contribution is -0.121. The zero-order valence-electron chi connectivity index (χ0n) is 11.4. The first-order valence-corrected chi connectivity index (χ1v) is 6.98. The third kappa shape index (κ3) is 3.70. The average molecular weight is 262 g/mol. The summed E-state index contributed by atoms with van der Waals surface area (Å²) in [5.41, 5.74) is 2.35. The lowest BCUT2D eigenvalue weighted by atomic mass is 9.97. The molecule has 2 unspecified atom stereocenters. The molecule has 0 fully saturated rings. The van der Waals surface area contributed by atoms with Crippen LogP contribution in [0.15, 0.2) is 24.3 Å². The Labute approximate surface area is 114 Å². The van der Waals surface area contributed by atoms with Crippen LogP contribution in [-0.4, -0.2) is 30.2 Å². The van der Waals surface area contributed by atoms with Crippen molar-refractivity contribution < 1.29 is 9.90 Å². The van der Waals surface area contributed by atoms with Crippen LogP contribution in [0.25, 0.3) is 0 Å². The Hall–Kier alpha value is -1.55. The Morgan fingerprint density at radius 2 is 2.32 bits per heavy atom. The molecule has 2 atom stereocenters. The van der Waals surface area contributed by atoms with Crippen molar-refractivity contribution in [3.05, 3.63) is 29.8 Å². The number of anilines is 1. The maximum Gasteiger partial charge on any atom is 0.220 e. The molecule has 1 aromatic carbocycles. The number of para-hydroxylation sites is 1. The van der Waals surface area contributed by atoms with Crippen molar-refractivity contribution in [2.45, 2.75) is 38.2 Å². The van der Waals surface area contributed by atoms with Gasteiger partial charge in [0.25, 0.3) is 0 Å². The van der Waals surface area contributed by atoms with Gasteiger partial charge in [0.1, 0.15) is 0 Å². The monoisotopic (exact) mass is 262 g/mol. The Morgan fingerprint density at radius 1 is 1.53 bits per heavy atom. The summed E-state index contributed by atoms with van der Waals surface area (Å²) in [6.07, 6.45) is 1.71. The maximum atomic E-state index is 11.9. The fourth-order valence-corrected chi connectivity index (χ4v) is 2.50. The van der Waals surface area contributed by atoms with Crippen molar-refractivity contribution in [1.29, 1.82) is 0 Å². The Balaban J connectivity index is 1.81. The highest BCUT2D eigenvalue weighted by Crippen LogP contribution is 2.32. The highest BCUT2D eigenvalue weighted by atomic mass is 16.3. The van der Waals surface area contributed by atoms with Crippen molar-refractivity contribution in [3.8, 4) is 0 Å². The summed E-state index contributed by atoms with van der Waals surface area (Å²) >= 11 is 0. The summed E-state index contributed by atoms with van der Waals surface area (Å²) in [7, 11) is 0. The van der Waals surface area contributed by atoms with Crippen LogP contribution >= 0.6 is 0 Å². The predicted molar refractivity (Wildman–Crippen MR) is 76.2 cm³/mol. The number of fused-ring (bicyclic) bond motifs is 1. The number of rotatable bonds is 6. The number of aliphatic hydroxyl groups is 1. The molecule has 104 valence electrons. The van der Waals surface area contributed by atoms with Crippen molar-refractivity contribution in [2.24, 2.45) is 0 Å². The SMILES string of the molecule is CCCC(O)CNC(=O)CC1CNc2ccccc21. The van der Waals surface area contributed by atoms with Crippen LogP contribution in [0.4, 0.5) is 5.69 Å². The second-order valence-corrected chi connectivity index (χ2v) is 5.12. The van der Waals surface area contributed by atoms with Gasteiger partial charge in [-0.2, -0.15) is 0 Å². The first-order chi connectivity index (χ1) is 9.20. The molecule has 0 saturated carbocycles. The molecule has 0 spiro atoms. The van der Waals surface area contributed by atoms with E-state index in [2.05, 4.69) is 16.7 Å². The first-order valence-electron chi connectivity index (χ1n) is 6.98. The number of nitrogens with one attached hydrogen (secondary N) is 2. The average Bonchev–Trinajstić information content (AvgIpc) is 2.80. The Morgan fingerprint density at radius 3 is 3.11 bits per heavy atom. The number of aliphatic hydroxyl groups excluding tert-OH is 1. The molecular weight excluding hydrogens is 240 g/mol. The molecule has 0 bridgehead atoms. The zero-order valence-corrected chi connectivity index (χ0v) is 11.4. The Kier molecular flexibility index (Phi) is 4.80. The van der Waals surface area contributed by atoms with Crippen molar-refractivity contribution in [2.75, 3.05) is 18.4 Å². The van der Waals surface area contributed by atoms with E-state index >= 15 is 0 Å². The molecule has 1 aliphatic rings.